The van der Waals surface area contributed by atoms with E-state index >= 15 is 0 Å². The van der Waals surface area contributed by atoms with Gasteiger partial charge < -0.3 is 10.1 Å². The highest BCUT2D eigenvalue weighted by Gasteiger charge is 2.27. The van der Waals surface area contributed by atoms with Gasteiger partial charge in [-0.2, -0.15) is 4.31 Å². The monoisotopic (exact) mass is 444 g/mol. The molecule has 0 aromatic heterocycles. The van der Waals surface area contributed by atoms with Crippen LogP contribution in [0.15, 0.2) is 53.4 Å². The Morgan fingerprint density at radius 2 is 1.68 bits per heavy atom. The van der Waals surface area contributed by atoms with Gasteiger partial charge in [-0.1, -0.05) is 49.2 Å². The highest BCUT2D eigenvalue weighted by Crippen LogP contribution is 2.25. The van der Waals surface area contributed by atoms with Crippen LogP contribution in [0, 0.1) is 6.92 Å². The molecule has 7 nitrogen and oxygen atoms in total. The van der Waals surface area contributed by atoms with Crippen LogP contribution in [0.2, 0.25) is 0 Å². The number of nitrogens with one attached hydrogen (secondary N) is 1. The number of anilines is 1. The van der Waals surface area contributed by atoms with Crippen molar-refractivity contribution < 1.29 is 22.7 Å². The Bertz CT molecular complexity index is 1010. The molecule has 0 spiro atoms. The van der Waals surface area contributed by atoms with Gasteiger partial charge in [0.2, 0.25) is 10.0 Å². The van der Waals surface area contributed by atoms with Crippen LogP contribution in [0.5, 0.6) is 0 Å². The predicted octanol–water partition coefficient (Wildman–Crippen LogP) is 3.28. The molecule has 166 valence electrons. The standard InChI is InChI=1S/C23H28N2O5S/c1-18-11-12-20(16-21(18)31(28,29)25-13-7-2-3-8-14-25)24-22(26)17-30-23(27)15-19-9-5-4-6-10-19/h4-6,9-12,16H,2-3,7-8,13-15,17H2,1H3,(H,24,26). The lowest BCUT2D eigenvalue weighted by Gasteiger charge is -2.21. The molecule has 1 fully saturated rings. The van der Waals surface area contributed by atoms with Gasteiger partial charge in [-0.15, -0.1) is 0 Å². The van der Waals surface area contributed by atoms with Crippen molar-refractivity contribution >= 4 is 27.6 Å². The number of ether oxygens (including phenoxy) is 1. The quantitative estimate of drug-likeness (QED) is 0.662. The predicted molar refractivity (Wildman–Crippen MR) is 118 cm³/mol. The third kappa shape index (κ3) is 6.38. The van der Waals surface area contributed by atoms with Gasteiger partial charge in [0, 0.05) is 18.8 Å². The molecule has 3 rings (SSSR count). The van der Waals surface area contributed by atoms with Crippen LogP contribution in [-0.2, 0) is 30.8 Å². The van der Waals surface area contributed by atoms with Gasteiger partial charge in [-0.3, -0.25) is 9.59 Å². The summed E-state index contributed by atoms with van der Waals surface area (Å²) in [6, 6.07) is 13.9. The van der Waals surface area contributed by atoms with Gasteiger partial charge in [0.05, 0.1) is 11.3 Å². The average Bonchev–Trinajstić information content (AvgIpc) is 3.04. The zero-order chi connectivity index (χ0) is 22.3. The lowest BCUT2D eigenvalue weighted by Crippen LogP contribution is -2.32. The number of esters is 1. The molecule has 1 N–H and O–H groups in total. The van der Waals surface area contributed by atoms with E-state index < -0.39 is 28.5 Å². The van der Waals surface area contributed by atoms with Crippen LogP contribution in [-0.4, -0.2) is 44.3 Å². The van der Waals surface area contributed by atoms with E-state index in [2.05, 4.69) is 5.32 Å². The van der Waals surface area contributed by atoms with E-state index in [0.717, 1.165) is 31.2 Å². The van der Waals surface area contributed by atoms with Crippen molar-refractivity contribution in [1.29, 1.82) is 0 Å². The van der Waals surface area contributed by atoms with Crippen LogP contribution in [0.25, 0.3) is 0 Å². The van der Waals surface area contributed by atoms with Crippen LogP contribution >= 0.6 is 0 Å². The Balaban J connectivity index is 1.61. The molecule has 0 aliphatic carbocycles. The van der Waals surface area contributed by atoms with Crippen molar-refractivity contribution in [3.63, 3.8) is 0 Å². The topological polar surface area (TPSA) is 92.8 Å². The van der Waals surface area contributed by atoms with Gasteiger partial charge in [0.25, 0.3) is 5.91 Å². The Morgan fingerprint density at radius 3 is 2.35 bits per heavy atom. The first-order valence-corrected chi connectivity index (χ1v) is 11.9. The molecule has 2 aromatic carbocycles. The summed E-state index contributed by atoms with van der Waals surface area (Å²) in [4.78, 5) is 24.3. The number of amides is 1. The van der Waals surface area contributed by atoms with E-state index in [9.17, 15) is 18.0 Å². The summed E-state index contributed by atoms with van der Waals surface area (Å²) in [7, 11) is -3.64. The molecule has 1 amide bonds. The Hall–Kier alpha value is -2.71. The molecular weight excluding hydrogens is 416 g/mol. The summed E-state index contributed by atoms with van der Waals surface area (Å²) in [6.07, 6.45) is 3.84. The number of hydrogen-bond donors (Lipinski definition) is 1. The number of carbonyl (C=O) groups excluding carboxylic acids is 2. The third-order valence-corrected chi connectivity index (χ3v) is 7.25. The fraction of sp³-hybridized carbons (Fsp3) is 0.391. The van der Waals surface area contributed by atoms with Crippen LogP contribution in [0.1, 0.15) is 36.8 Å². The molecule has 8 heteroatoms. The van der Waals surface area contributed by atoms with Gasteiger partial charge in [0.1, 0.15) is 0 Å². The van der Waals surface area contributed by atoms with Crippen LogP contribution in [0.4, 0.5) is 5.69 Å². The Labute approximate surface area is 183 Å². The zero-order valence-corrected chi connectivity index (χ0v) is 18.5. The summed E-state index contributed by atoms with van der Waals surface area (Å²) in [5.41, 5.74) is 1.77. The van der Waals surface area contributed by atoms with Gasteiger partial charge in [0.15, 0.2) is 6.61 Å². The van der Waals surface area contributed by atoms with Gasteiger partial charge >= 0.3 is 5.97 Å². The second-order valence-electron chi connectivity index (χ2n) is 7.67. The average molecular weight is 445 g/mol. The first-order valence-electron chi connectivity index (χ1n) is 10.5. The van der Waals surface area contributed by atoms with Crippen molar-refractivity contribution in [2.45, 2.75) is 43.9 Å². The van der Waals surface area contributed by atoms with Gasteiger partial charge in [-0.05, 0) is 43.0 Å². The number of nitrogens with zero attached hydrogens (tertiary/aromatic N) is 1. The first kappa shape index (κ1) is 23.0. The van der Waals surface area contributed by atoms with Crippen molar-refractivity contribution in [2.75, 3.05) is 25.0 Å². The van der Waals surface area contributed by atoms with Crippen LogP contribution in [0.3, 0.4) is 0 Å². The number of rotatable bonds is 7. The lowest BCUT2D eigenvalue weighted by atomic mass is 10.2. The first-order chi connectivity index (χ1) is 14.9. The minimum Gasteiger partial charge on any atom is -0.455 e. The second-order valence-corrected chi connectivity index (χ2v) is 9.58. The molecule has 0 bridgehead atoms. The number of benzene rings is 2. The molecule has 0 unspecified atom stereocenters. The second kappa shape index (κ2) is 10.5. The summed E-state index contributed by atoms with van der Waals surface area (Å²) in [5.74, 6) is -1.03. The van der Waals surface area contributed by atoms with E-state index in [1.165, 1.54) is 10.4 Å². The van der Waals surface area contributed by atoms with E-state index in [1.807, 2.05) is 18.2 Å². The van der Waals surface area contributed by atoms with E-state index in [1.54, 1.807) is 31.2 Å². The zero-order valence-electron chi connectivity index (χ0n) is 17.7. The molecule has 2 aromatic rings. The molecule has 0 atom stereocenters. The lowest BCUT2D eigenvalue weighted by molar-refractivity contribution is -0.146. The van der Waals surface area contributed by atoms with E-state index in [0.29, 0.717) is 24.3 Å². The van der Waals surface area contributed by atoms with Crippen LogP contribution < -0.4 is 5.32 Å². The maximum atomic E-state index is 13.1. The van der Waals surface area contributed by atoms with E-state index in [-0.39, 0.29) is 11.3 Å². The number of hydrogen-bond acceptors (Lipinski definition) is 5. The fourth-order valence-corrected chi connectivity index (χ4v) is 5.30. The van der Waals surface area contributed by atoms with E-state index in [4.69, 9.17) is 4.74 Å². The largest absolute Gasteiger partial charge is 0.455 e. The third-order valence-electron chi connectivity index (χ3n) is 5.21. The molecule has 1 aliphatic heterocycles. The highest BCUT2D eigenvalue weighted by atomic mass is 32.2. The summed E-state index contributed by atoms with van der Waals surface area (Å²) < 4.78 is 32.8. The molecule has 1 saturated heterocycles. The Kier molecular flexibility index (Phi) is 7.81. The maximum Gasteiger partial charge on any atom is 0.310 e. The SMILES string of the molecule is Cc1ccc(NC(=O)COC(=O)Cc2ccccc2)cc1S(=O)(=O)N1CCCCCC1. The minimum atomic E-state index is -3.64. The molecule has 1 heterocycles. The molecule has 1 aliphatic rings. The minimum absolute atomic E-state index is 0.0802. The summed E-state index contributed by atoms with van der Waals surface area (Å²) in [6.45, 7) is 2.32. The van der Waals surface area contributed by atoms with Crippen molar-refractivity contribution in [2.24, 2.45) is 0 Å². The number of sulfonamides is 1. The maximum absolute atomic E-state index is 13.1. The van der Waals surface area contributed by atoms with Gasteiger partial charge in [-0.25, -0.2) is 8.42 Å². The number of aryl methyl sites for hydroxylation is 1. The molecule has 31 heavy (non-hydrogen) atoms. The Morgan fingerprint density at radius 1 is 1.00 bits per heavy atom. The van der Waals surface area contributed by atoms with Crippen molar-refractivity contribution in [3.05, 3.63) is 59.7 Å². The molecule has 0 radical (unpaired) electrons. The summed E-state index contributed by atoms with van der Waals surface area (Å²) in [5, 5.41) is 2.62. The highest BCUT2D eigenvalue weighted by molar-refractivity contribution is 7.89. The van der Waals surface area contributed by atoms with Crippen molar-refractivity contribution in [1.82, 2.24) is 4.31 Å². The summed E-state index contributed by atoms with van der Waals surface area (Å²) >= 11 is 0. The normalized spacial score (nSPS) is 15.1. The smallest absolute Gasteiger partial charge is 0.310 e. The fourth-order valence-electron chi connectivity index (χ4n) is 3.53. The van der Waals surface area contributed by atoms with Crippen molar-refractivity contribution in [3.8, 4) is 0 Å². The molecule has 0 saturated carbocycles. The molecular formula is C23H28N2O5S. The number of carbonyl (C=O) groups is 2.